The average Bonchev–Trinajstić information content (AvgIpc) is 3.39. The van der Waals surface area contributed by atoms with Crippen molar-refractivity contribution < 1.29 is 13.9 Å². The standard InChI is InChI=1S/C26H26ClN3O3/c1-26(2,3)19-9-11-20(12-10-19)32-17-21-13-14-23(33-21)25(31)28-24-22(27)16-30(29-24)15-18-7-5-4-6-8-18/h4-14,16H,15,17H2,1-3H3,(H,28,29,31). The molecule has 0 aliphatic heterocycles. The molecule has 0 aliphatic rings. The number of carbonyl (C=O) groups is 1. The maximum absolute atomic E-state index is 12.6. The number of nitrogens with one attached hydrogen (secondary N) is 1. The van der Waals surface area contributed by atoms with Crippen molar-refractivity contribution >= 4 is 23.3 Å². The minimum atomic E-state index is -0.428. The van der Waals surface area contributed by atoms with E-state index in [2.05, 4.69) is 43.3 Å². The lowest BCUT2D eigenvalue weighted by atomic mass is 9.87. The van der Waals surface area contributed by atoms with Gasteiger partial charge >= 0.3 is 0 Å². The monoisotopic (exact) mass is 463 g/mol. The van der Waals surface area contributed by atoms with Crippen LogP contribution >= 0.6 is 11.6 Å². The summed E-state index contributed by atoms with van der Waals surface area (Å²) in [6.07, 6.45) is 1.68. The lowest BCUT2D eigenvalue weighted by Crippen LogP contribution is -2.12. The number of hydrogen-bond donors (Lipinski definition) is 1. The number of anilines is 1. The van der Waals surface area contributed by atoms with Crippen LogP contribution in [-0.4, -0.2) is 15.7 Å². The Morgan fingerprint density at radius 1 is 1.06 bits per heavy atom. The molecule has 0 unspecified atom stereocenters. The summed E-state index contributed by atoms with van der Waals surface area (Å²) in [6.45, 7) is 7.27. The van der Waals surface area contributed by atoms with Gasteiger partial charge in [-0.15, -0.1) is 0 Å². The third-order valence-electron chi connectivity index (χ3n) is 5.12. The Bertz CT molecular complexity index is 1220. The van der Waals surface area contributed by atoms with Crippen LogP contribution in [0.15, 0.2) is 77.3 Å². The molecular formula is C26H26ClN3O3. The second kappa shape index (κ2) is 9.55. The van der Waals surface area contributed by atoms with Crippen LogP contribution < -0.4 is 10.1 Å². The topological polar surface area (TPSA) is 69.3 Å². The van der Waals surface area contributed by atoms with Crippen molar-refractivity contribution in [2.24, 2.45) is 0 Å². The molecule has 0 fully saturated rings. The van der Waals surface area contributed by atoms with Crippen molar-refractivity contribution in [1.82, 2.24) is 9.78 Å². The molecule has 0 saturated heterocycles. The zero-order valence-corrected chi connectivity index (χ0v) is 19.6. The molecule has 2 aromatic carbocycles. The molecule has 1 amide bonds. The average molecular weight is 464 g/mol. The minimum Gasteiger partial charge on any atom is -0.486 e. The number of aromatic nitrogens is 2. The maximum atomic E-state index is 12.6. The van der Waals surface area contributed by atoms with E-state index in [1.165, 1.54) is 5.56 Å². The lowest BCUT2D eigenvalue weighted by Gasteiger charge is -2.19. The van der Waals surface area contributed by atoms with Crippen LogP contribution in [0.2, 0.25) is 5.02 Å². The van der Waals surface area contributed by atoms with Crippen molar-refractivity contribution in [2.45, 2.75) is 39.3 Å². The fourth-order valence-corrected chi connectivity index (χ4v) is 3.48. The first-order valence-electron chi connectivity index (χ1n) is 10.7. The normalized spacial score (nSPS) is 11.4. The first-order valence-corrected chi connectivity index (χ1v) is 11.1. The summed E-state index contributed by atoms with van der Waals surface area (Å²) in [7, 11) is 0. The molecule has 4 rings (SSSR count). The Morgan fingerprint density at radius 2 is 1.79 bits per heavy atom. The molecule has 2 heterocycles. The number of rotatable bonds is 7. The Labute approximate surface area is 198 Å². The summed E-state index contributed by atoms with van der Waals surface area (Å²) in [6, 6.07) is 21.2. The van der Waals surface area contributed by atoms with E-state index >= 15 is 0 Å². The second-order valence-corrected chi connectivity index (χ2v) is 9.20. The number of furan rings is 1. The quantitative estimate of drug-likeness (QED) is 0.349. The van der Waals surface area contributed by atoms with Crippen LogP contribution in [0.3, 0.4) is 0 Å². The molecule has 4 aromatic rings. The smallest absolute Gasteiger partial charge is 0.292 e. The Balaban J connectivity index is 1.34. The molecule has 0 atom stereocenters. The second-order valence-electron chi connectivity index (χ2n) is 8.79. The van der Waals surface area contributed by atoms with Crippen molar-refractivity contribution in [3.63, 3.8) is 0 Å². The number of amides is 1. The van der Waals surface area contributed by atoms with Gasteiger partial charge in [-0.05, 0) is 40.8 Å². The molecule has 0 radical (unpaired) electrons. The van der Waals surface area contributed by atoms with E-state index in [-0.39, 0.29) is 23.6 Å². The summed E-state index contributed by atoms with van der Waals surface area (Å²) in [5, 5.41) is 7.42. The molecule has 0 bridgehead atoms. The summed E-state index contributed by atoms with van der Waals surface area (Å²) in [5.74, 6) is 1.29. The predicted molar refractivity (Wildman–Crippen MR) is 129 cm³/mol. The number of hydrogen-bond acceptors (Lipinski definition) is 4. The molecule has 1 N–H and O–H groups in total. The molecule has 2 aromatic heterocycles. The molecule has 7 heteroatoms. The molecular weight excluding hydrogens is 438 g/mol. The van der Waals surface area contributed by atoms with Crippen LogP contribution in [0.25, 0.3) is 0 Å². The van der Waals surface area contributed by atoms with E-state index in [4.69, 9.17) is 20.8 Å². The van der Waals surface area contributed by atoms with Crippen molar-refractivity contribution in [1.29, 1.82) is 0 Å². The van der Waals surface area contributed by atoms with E-state index < -0.39 is 5.91 Å². The zero-order chi connectivity index (χ0) is 23.4. The van der Waals surface area contributed by atoms with Crippen LogP contribution in [0.5, 0.6) is 5.75 Å². The SMILES string of the molecule is CC(C)(C)c1ccc(OCc2ccc(C(=O)Nc3nn(Cc4ccccc4)cc3Cl)o2)cc1. The molecule has 6 nitrogen and oxygen atoms in total. The van der Waals surface area contributed by atoms with Gasteiger partial charge in [0.05, 0.1) is 6.54 Å². The summed E-state index contributed by atoms with van der Waals surface area (Å²) < 4.78 is 13.1. The van der Waals surface area contributed by atoms with Crippen LogP contribution in [0, 0.1) is 0 Å². The van der Waals surface area contributed by atoms with E-state index in [0.29, 0.717) is 17.3 Å². The highest BCUT2D eigenvalue weighted by Crippen LogP contribution is 2.25. The van der Waals surface area contributed by atoms with E-state index in [1.807, 2.05) is 42.5 Å². The third-order valence-corrected chi connectivity index (χ3v) is 5.40. The molecule has 0 aliphatic carbocycles. The minimum absolute atomic E-state index is 0.0854. The van der Waals surface area contributed by atoms with Gasteiger partial charge < -0.3 is 14.5 Å². The highest BCUT2D eigenvalue weighted by molar-refractivity contribution is 6.33. The maximum Gasteiger partial charge on any atom is 0.292 e. The number of halogens is 1. The highest BCUT2D eigenvalue weighted by atomic mass is 35.5. The van der Waals surface area contributed by atoms with Gasteiger partial charge in [-0.1, -0.05) is 74.8 Å². The molecule has 0 saturated carbocycles. The Morgan fingerprint density at radius 3 is 2.48 bits per heavy atom. The van der Waals surface area contributed by atoms with Gasteiger partial charge in [0, 0.05) is 6.20 Å². The fourth-order valence-electron chi connectivity index (χ4n) is 3.29. The summed E-state index contributed by atoms with van der Waals surface area (Å²) in [5.41, 5.74) is 2.40. The Kier molecular flexibility index (Phi) is 6.56. The van der Waals surface area contributed by atoms with Gasteiger partial charge in [0.2, 0.25) is 0 Å². The largest absolute Gasteiger partial charge is 0.486 e. The van der Waals surface area contributed by atoms with Crippen molar-refractivity contribution in [3.05, 3.63) is 101 Å². The first kappa shape index (κ1) is 22.7. The van der Waals surface area contributed by atoms with Gasteiger partial charge in [0.1, 0.15) is 23.1 Å². The van der Waals surface area contributed by atoms with Crippen molar-refractivity contribution in [2.75, 3.05) is 5.32 Å². The first-order chi connectivity index (χ1) is 15.8. The van der Waals surface area contributed by atoms with E-state index in [0.717, 1.165) is 11.3 Å². The number of carbonyl (C=O) groups excluding carboxylic acids is 1. The third kappa shape index (κ3) is 5.84. The number of benzene rings is 2. The predicted octanol–water partition coefficient (Wildman–Crippen LogP) is 6.31. The summed E-state index contributed by atoms with van der Waals surface area (Å²) in [4.78, 5) is 12.6. The van der Waals surface area contributed by atoms with Gasteiger partial charge in [-0.3, -0.25) is 9.48 Å². The van der Waals surface area contributed by atoms with E-state index in [9.17, 15) is 4.79 Å². The van der Waals surface area contributed by atoms with Crippen molar-refractivity contribution in [3.8, 4) is 5.75 Å². The van der Waals surface area contributed by atoms with Gasteiger partial charge in [0.25, 0.3) is 5.91 Å². The summed E-state index contributed by atoms with van der Waals surface area (Å²) >= 11 is 6.26. The van der Waals surface area contributed by atoms with Gasteiger partial charge in [-0.25, -0.2) is 0 Å². The van der Waals surface area contributed by atoms with Gasteiger partial charge in [0.15, 0.2) is 11.6 Å². The molecule has 0 spiro atoms. The lowest BCUT2D eigenvalue weighted by molar-refractivity contribution is 0.0992. The number of nitrogens with zero attached hydrogens (tertiary/aromatic N) is 2. The number of ether oxygens (including phenoxy) is 1. The van der Waals surface area contributed by atoms with Crippen LogP contribution in [-0.2, 0) is 18.6 Å². The highest BCUT2D eigenvalue weighted by Gasteiger charge is 2.17. The Hall–Kier alpha value is -3.51. The molecule has 170 valence electrons. The zero-order valence-electron chi connectivity index (χ0n) is 18.8. The van der Waals surface area contributed by atoms with Gasteiger partial charge in [-0.2, -0.15) is 5.10 Å². The molecule has 33 heavy (non-hydrogen) atoms. The van der Waals surface area contributed by atoms with E-state index in [1.54, 1.807) is 23.0 Å². The van der Waals surface area contributed by atoms with Crippen LogP contribution in [0.1, 0.15) is 48.2 Å². The fraction of sp³-hybridized carbons (Fsp3) is 0.231. The van der Waals surface area contributed by atoms with Crippen LogP contribution in [0.4, 0.5) is 5.82 Å².